The molecule has 0 saturated heterocycles. The molecule has 3 nitrogen and oxygen atoms in total. The Bertz CT molecular complexity index is 596. The van der Waals surface area contributed by atoms with E-state index < -0.39 is 0 Å². The van der Waals surface area contributed by atoms with Crippen LogP contribution in [0.15, 0.2) is 18.3 Å². The first-order valence-corrected chi connectivity index (χ1v) is 8.38. The van der Waals surface area contributed by atoms with Crippen LogP contribution in [0.3, 0.4) is 0 Å². The lowest BCUT2D eigenvalue weighted by Gasteiger charge is -2.17. The molecule has 0 aliphatic rings. The highest BCUT2D eigenvalue weighted by atomic mass is 32.1. The topological polar surface area (TPSA) is 37.8 Å². The first kappa shape index (κ1) is 16.1. The van der Waals surface area contributed by atoms with E-state index in [0.29, 0.717) is 0 Å². The maximum atomic E-state index is 4.91. The van der Waals surface area contributed by atoms with Crippen molar-refractivity contribution in [3.05, 3.63) is 34.5 Å². The van der Waals surface area contributed by atoms with Gasteiger partial charge in [0.15, 0.2) is 0 Å². The van der Waals surface area contributed by atoms with Gasteiger partial charge in [-0.05, 0) is 31.5 Å². The summed E-state index contributed by atoms with van der Waals surface area (Å²) in [7, 11) is 0. The van der Waals surface area contributed by atoms with Crippen LogP contribution in [0.25, 0.3) is 10.7 Å². The van der Waals surface area contributed by atoms with Gasteiger partial charge in [-0.15, -0.1) is 11.3 Å². The second-order valence-electron chi connectivity index (χ2n) is 6.39. The molecule has 0 fully saturated rings. The number of nitrogens with zero attached hydrogens (tertiary/aromatic N) is 2. The number of thiazole rings is 1. The molecule has 2 aromatic rings. The molecule has 0 unspecified atom stereocenters. The summed E-state index contributed by atoms with van der Waals surface area (Å²) in [5.41, 5.74) is 3.44. The van der Waals surface area contributed by atoms with Crippen molar-refractivity contribution in [1.29, 1.82) is 0 Å². The van der Waals surface area contributed by atoms with Crippen LogP contribution >= 0.6 is 11.3 Å². The van der Waals surface area contributed by atoms with Gasteiger partial charge in [0.1, 0.15) is 10.7 Å². The molecule has 1 N–H and O–H groups in total. The van der Waals surface area contributed by atoms with E-state index in [1.165, 1.54) is 16.1 Å². The zero-order chi connectivity index (χ0) is 15.5. The van der Waals surface area contributed by atoms with Crippen molar-refractivity contribution < 1.29 is 0 Å². The standard InChI is InChI=1S/C17H25N3S/c1-6-9-18-11-13-15(17(3,4)5)20-16(21-13)14-12(2)8-7-10-19-14/h7-8,10,18H,6,9,11H2,1-5H3. The summed E-state index contributed by atoms with van der Waals surface area (Å²) in [6.45, 7) is 12.9. The number of pyridine rings is 1. The van der Waals surface area contributed by atoms with E-state index in [4.69, 9.17) is 4.98 Å². The average molecular weight is 303 g/mol. The minimum absolute atomic E-state index is 0.0562. The molecule has 4 heteroatoms. The van der Waals surface area contributed by atoms with Crippen molar-refractivity contribution in [3.63, 3.8) is 0 Å². The number of hydrogen-bond donors (Lipinski definition) is 1. The van der Waals surface area contributed by atoms with Gasteiger partial charge in [-0.1, -0.05) is 33.8 Å². The molecular formula is C17H25N3S. The molecule has 0 aromatic carbocycles. The summed E-state index contributed by atoms with van der Waals surface area (Å²) in [6.07, 6.45) is 2.99. The van der Waals surface area contributed by atoms with Crippen molar-refractivity contribution in [3.8, 4) is 10.7 Å². The smallest absolute Gasteiger partial charge is 0.142 e. The van der Waals surface area contributed by atoms with Crippen molar-refractivity contribution in [2.24, 2.45) is 0 Å². The third-order valence-electron chi connectivity index (χ3n) is 3.33. The summed E-state index contributed by atoms with van der Waals surface area (Å²) >= 11 is 1.77. The Morgan fingerprint density at radius 2 is 2.05 bits per heavy atom. The second-order valence-corrected chi connectivity index (χ2v) is 7.47. The van der Waals surface area contributed by atoms with Crippen LogP contribution in [0.4, 0.5) is 0 Å². The van der Waals surface area contributed by atoms with E-state index in [9.17, 15) is 0 Å². The van der Waals surface area contributed by atoms with Crippen molar-refractivity contribution in [2.75, 3.05) is 6.54 Å². The molecule has 0 amide bonds. The fourth-order valence-electron chi connectivity index (χ4n) is 2.25. The summed E-state index contributed by atoms with van der Waals surface area (Å²) in [5.74, 6) is 0. The zero-order valence-electron chi connectivity index (χ0n) is 13.7. The molecule has 2 aromatic heterocycles. The van der Waals surface area contributed by atoms with Crippen molar-refractivity contribution >= 4 is 11.3 Å². The molecule has 0 radical (unpaired) electrons. The molecule has 114 valence electrons. The van der Waals surface area contributed by atoms with Gasteiger partial charge < -0.3 is 5.32 Å². The Hall–Kier alpha value is -1.26. The molecule has 0 aliphatic carbocycles. The van der Waals surface area contributed by atoms with Gasteiger partial charge in [-0.3, -0.25) is 4.98 Å². The maximum Gasteiger partial charge on any atom is 0.142 e. The van der Waals surface area contributed by atoms with E-state index in [0.717, 1.165) is 30.2 Å². The highest BCUT2D eigenvalue weighted by molar-refractivity contribution is 7.15. The first-order chi connectivity index (χ1) is 9.93. The largest absolute Gasteiger partial charge is 0.312 e. The molecule has 0 spiro atoms. The molecule has 2 rings (SSSR count). The predicted molar refractivity (Wildman–Crippen MR) is 90.8 cm³/mol. The molecule has 21 heavy (non-hydrogen) atoms. The van der Waals surface area contributed by atoms with Gasteiger partial charge in [0.25, 0.3) is 0 Å². The zero-order valence-corrected chi connectivity index (χ0v) is 14.5. The first-order valence-electron chi connectivity index (χ1n) is 7.56. The van der Waals surface area contributed by atoms with Crippen LogP contribution in [0.5, 0.6) is 0 Å². The Morgan fingerprint density at radius 1 is 1.29 bits per heavy atom. The lowest BCUT2D eigenvalue weighted by Crippen LogP contribution is -2.19. The number of rotatable bonds is 5. The van der Waals surface area contributed by atoms with Gasteiger partial charge in [0, 0.05) is 23.0 Å². The Morgan fingerprint density at radius 3 is 2.67 bits per heavy atom. The van der Waals surface area contributed by atoms with Crippen LogP contribution in [-0.4, -0.2) is 16.5 Å². The molecule has 0 bridgehead atoms. The van der Waals surface area contributed by atoms with Gasteiger partial charge in [-0.2, -0.15) is 0 Å². The van der Waals surface area contributed by atoms with Crippen LogP contribution in [0.1, 0.15) is 50.3 Å². The van der Waals surface area contributed by atoms with Gasteiger partial charge in [-0.25, -0.2) is 4.98 Å². The maximum absolute atomic E-state index is 4.91. The Kier molecular flexibility index (Phi) is 5.12. The number of aromatic nitrogens is 2. The van der Waals surface area contributed by atoms with E-state index in [1.54, 1.807) is 11.3 Å². The van der Waals surface area contributed by atoms with Gasteiger partial charge >= 0.3 is 0 Å². The number of aryl methyl sites for hydroxylation is 1. The third kappa shape index (κ3) is 3.89. The number of hydrogen-bond acceptors (Lipinski definition) is 4. The van der Waals surface area contributed by atoms with E-state index in [-0.39, 0.29) is 5.41 Å². The lowest BCUT2D eigenvalue weighted by atomic mass is 9.91. The van der Waals surface area contributed by atoms with Gasteiger partial charge in [0.2, 0.25) is 0 Å². The Labute approximate surface area is 131 Å². The normalized spacial score (nSPS) is 11.9. The summed E-state index contributed by atoms with van der Waals surface area (Å²) < 4.78 is 0. The lowest BCUT2D eigenvalue weighted by molar-refractivity contribution is 0.559. The SMILES string of the molecule is CCCNCc1sc(-c2ncccc2C)nc1C(C)(C)C. The highest BCUT2D eigenvalue weighted by Crippen LogP contribution is 2.34. The molecular weight excluding hydrogens is 278 g/mol. The van der Waals surface area contributed by atoms with Crippen LogP contribution in [0.2, 0.25) is 0 Å². The van der Waals surface area contributed by atoms with Crippen LogP contribution < -0.4 is 5.32 Å². The highest BCUT2D eigenvalue weighted by Gasteiger charge is 2.24. The summed E-state index contributed by atoms with van der Waals surface area (Å²) in [4.78, 5) is 10.7. The van der Waals surface area contributed by atoms with E-state index in [2.05, 4.69) is 51.0 Å². The Balaban J connectivity index is 2.38. The molecule has 0 aliphatic heterocycles. The second kappa shape index (κ2) is 6.67. The van der Waals surface area contributed by atoms with Gasteiger partial charge in [0.05, 0.1) is 5.69 Å². The predicted octanol–water partition coefficient (Wildman–Crippen LogP) is 4.31. The van der Waals surface area contributed by atoms with Crippen LogP contribution in [-0.2, 0) is 12.0 Å². The number of nitrogens with one attached hydrogen (secondary N) is 1. The average Bonchev–Trinajstić information content (AvgIpc) is 2.83. The monoisotopic (exact) mass is 303 g/mol. The molecule has 0 atom stereocenters. The minimum Gasteiger partial charge on any atom is -0.312 e. The summed E-state index contributed by atoms with van der Waals surface area (Å²) in [5, 5.41) is 4.53. The minimum atomic E-state index is 0.0562. The van der Waals surface area contributed by atoms with Crippen molar-refractivity contribution in [2.45, 2.75) is 53.0 Å². The fourth-order valence-corrected chi connectivity index (χ4v) is 3.55. The quantitative estimate of drug-likeness (QED) is 0.836. The van der Waals surface area contributed by atoms with E-state index in [1.807, 2.05) is 12.3 Å². The summed E-state index contributed by atoms with van der Waals surface area (Å²) in [6, 6.07) is 4.07. The fraction of sp³-hybridized carbons (Fsp3) is 0.529. The molecule has 0 saturated carbocycles. The van der Waals surface area contributed by atoms with Crippen LogP contribution in [0, 0.1) is 6.92 Å². The molecule has 2 heterocycles. The van der Waals surface area contributed by atoms with Crippen molar-refractivity contribution in [1.82, 2.24) is 15.3 Å². The third-order valence-corrected chi connectivity index (χ3v) is 4.39. The van der Waals surface area contributed by atoms with E-state index >= 15 is 0 Å².